The lowest BCUT2D eigenvalue weighted by Gasteiger charge is -1.84. The molecule has 0 aliphatic rings. The smallest absolute Gasteiger partial charge is 0.355 e. The van der Waals surface area contributed by atoms with E-state index in [1.807, 2.05) is 17.5 Å². The van der Waals surface area contributed by atoms with Crippen molar-refractivity contribution in [2.45, 2.75) is 0 Å². The Morgan fingerprint density at radius 2 is 2.31 bits per heavy atom. The van der Waals surface area contributed by atoms with E-state index in [4.69, 9.17) is 5.11 Å². The predicted octanol–water partition coefficient (Wildman–Crippen LogP) is 2.57. The Morgan fingerprint density at radius 3 is 2.85 bits per heavy atom. The summed E-state index contributed by atoms with van der Waals surface area (Å²) < 4.78 is 3.82. The van der Waals surface area contributed by atoms with Crippen LogP contribution < -0.4 is 0 Å². The number of thiophene rings is 1. The van der Waals surface area contributed by atoms with Crippen LogP contribution in [0.1, 0.15) is 10.5 Å². The molecule has 66 valence electrons. The minimum Gasteiger partial charge on any atom is -0.476 e. The van der Waals surface area contributed by atoms with E-state index < -0.39 is 5.97 Å². The third kappa shape index (κ3) is 1.61. The van der Waals surface area contributed by atoms with Gasteiger partial charge >= 0.3 is 5.97 Å². The average Bonchev–Trinajstić information content (AvgIpc) is 2.75. The van der Waals surface area contributed by atoms with Crippen molar-refractivity contribution in [2.75, 3.05) is 0 Å². The summed E-state index contributed by atoms with van der Waals surface area (Å²) in [5, 5.41) is 10.6. The molecule has 5 heteroatoms. The molecule has 0 bridgehead atoms. The molecule has 2 aromatic rings. The van der Waals surface area contributed by atoms with Crippen molar-refractivity contribution in [1.82, 2.24) is 4.37 Å². The molecule has 2 heterocycles. The molecule has 0 aromatic carbocycles. The summed E-state index contributed by atoms with van der Waals surface area (Å²) in [4.78, 5) is 12.5. The van der Waals surface area contributed by atoms with Crippen molar-refractivity contribution in [3.05, 3.63) is 29.3 Å². The molecule has 0 amide bonds. The molecule has 3 nitrogen and oxygen atoms in total. The predicted molar refractivity (Wildman–Crippen MR) is 52.4 cm³/mol. The molecule has 0 saturated carbocycles. The number of carboxylic acids is 1. The van der Waals surface area contributed by atoms with Gasteiger partial charge in [-0.25, -0.2) is 4.79 Å². The molecule has 0 atom stereocenters. The van der Waals surface area contributed by atoms with E-state index in [0.717, 1.165) is 9.75 Å². The highest BCUT2D eigenvalue weighted by Gasteiger charge is 2.09. The summed E-state index contributed by atoms with van der Waals surface area (Å²) in [6.07, 6.45) is 0. The van der Waals surface area contributed by atoms with Crippen LogP contribution in [0.15, 0.2) is 23.6 Å². The summed E-state index contributed by atoms with van der Waals surface area (Å²) in [6.45, 7) is 0. The van der Waals surface area contributed by atoms with Crippen LogP contribution >= 0.6 is 22.9 Å². The largest absolute Gasteiger partial charge is 0.476 e. The van der Waals surface area contributed by atoms with Gasteiger partial charge in [-0.15, -0.1) is 11.3 Å². The average molecular weight is 211 g/mol. The lowest BCUT2D eigenvalue weighted by molar-refractivity contribution is 0.0692. The highest BCUT2D eigenvalue weighted by Crippen LogP contribution is 2.28. The maximum absolute atomic E-state index is 10.5. The summed E-state index contributed by atoms with van der Waals surface area (Å²) in [5.74, 6) is -0.973. The molecule has 0 unspecified atom stereocenters. The van der Waals surface area contributed by atoms with E-state index in [9.17, 15) is 4.79 Å². The van der Waals surface area contributed by atoms with Crippen LogP contribution in [0.4, 0.5) is 0 Å². The first-order valence-electron chi connectivity index (χ1n) is 3.51. The maximum atomic E-state index is 10.5. The van der Waals surface area contributed by atoms with Crippen molar-refractivity contribution in [3.8, 4) is 9.75 Å². The number of hydrogen-bond acceptors (Lipinski definition) is 4. The number of aromatic nitrogens is 1. The van der Waals surface area contributed by atoms with Gasteiger partial charge in [0.15, 0.2) is 5.69 Å². The van der Waals surface area contributed by atoms with Gasteiger partial charge < -0.3 is 5.11 Å². The van der Waals surface area contributed by atoms with E-state index in [0.29, 0.717) is 0 Å². The molecule has 0 aliphatic carbocycles. The van der Waals surface area contributed by atoms with E-state index in [1.54, 1.807) is 17.4 Å². The summed E-state index contributed by atoms with van der Waals surface area (Å²) >= 11 is 2.79. The molecule has 0 spiro atoms. The van der Waals surface area contributed by atoms with E-state index in [1.165, 1.54) is 11.5 Å². The molecular formula is C8H5NO2S2. The van der Waals surface area contributed by atoms with Crippen LogP contribution in [0.5, 0.6) is 0 Å². The number of carbonyl (C=O) groups is 1. The Morgan fingerprint density at radius 1 is 1.46 bits per heavy atom. The van der Waals surface area contributed by atoms with Crippen LogP contribution in [-0.4, -0.2) is 15.4 Å². The van der Waals surface area contributed by atoms with E-state index in [2.05, 4.69) is 4.37 Å². The van der Waals surface area contributed by atoms with Crippen LogP contribution in [0.25, 0.3) is 9.75 Å². The lowest BCUT2D eigenvalue weighted by Crippen LogP contribution is -1.94. The zero-order valence-corrected chi connectivity index (χ0v) is 8.06. The van der Waals surface area contributed by atoms with Crippen LogP contribution in [0.3, 0.4) is 0 Å². The zero-order chi connectivity index (χ0) is 9.26. The van der Waals surface area contributed by atoms with Crippen LogP contribution in [-0.2, 0) is 0 Å². The standard InChI is InChI=1S/C8H5NO2S2/c10-8(11)5-4-7(13-9-5)6-2-1-3-12-6/h1-4H,(H,10,11). The minimum absolute atomic E-state index is 0.119. The van der Waals surface area contributed by atoms with Crippen molar-refractivity contribution in [1.29, 1.82) is 0 Å². The van der Waals surface area contributed by atoms with Gasteiger partial charge in [-0.1, -0.05) is 6.07 Å². The van der Waals surface area contributed by atoms with Gasteiger partial charge in [0.05, 0.1) is 4.88 Å². The number of carboxylic acid groups (broad SMARTS) is 1. The first-order chi connectivity index (χ1) is 6.27. The SMILES string of the molecule is O=C(O)c1cc(-c2cccs2)sn1. The topological polar surface area (TPSA) is 50.2 Å². The molecule has 1 N–H and O–H groups in total. The van der Waals surface area contributed by atoms with Gasteiger partial charge in [0.1, 0.15) is 0 Å². The summed E-state index contributed by atoms with van der Waals surface area (Å²) in [7, 11) is 0. The van der Waals surface area contributed by atoms with Crippen molar-refractivity contribution in [3.63, 3.8) is 0 Å². The Balaban J connectivity index is 2.39. The fourth-order valence-corrected chi connectivity index (χ4v) is 2.45. The zero-order valence-electron chi connectivity index (χ0n) is 6.43. The Bertz CT molecular complexity index is 419. The number of aromatic carboxylic acids is 1. The molecule has 2 aromatic heterocycles. The van der Waals surface area contributed by atoms with Gasteiger partial charge in [-0.3, -0.25) is 0 Å². The quantitative estimate of drug-likeness (QED) is 0.830. The van der Waals surface area contributed by atoms with Crippen LogP contribution in [0, 0.1) is 0 Å². The van der Waals surface area contributed by atoms with Crippen molar-refractivity contribution in [2.24, 2.45) is 0 Å². The summed E-state index contributed by atoms with van der Waals surface area (Å²) in [5.41, 5.74) is 0.119. The number of hydrogen-bond donors (Lipinski definition) is 1. The van der Waals surface area contributed by atoms with Gasteiger partial charge in [0.25, 0.3) is 0 Å². The fraction of sp³-hybridized carbons (Fsp3) is 0. The molecule has 0 aliphatic heterocycles. The molecule has 2 rings (SSSR count). The first-order valence-corrected chi connectivity index (χ1v) is 5.16. The Hall–Kier alpha value is -1.20. The van der Waals surface area contributed by atoms with E-state index >= 15 is 0 Å². The molecule has 0 fully saturated rings. The molecular weight excluding hydrogens is 206 g/mol. The van der Waals surface area contributed by atoms with Gasteiger partial charge in [-0.05, 0) is 29.0 Å². The second kappa shape index (κ2) is 3.27. The van der Waals surface area contributed by atoms with Crippen LogP contribution in [0.2, 0.25) is 0 Å². The van der Waals surface area contributed by atoms with Gasteiger partial charge in [-0.2, -0.15) is 4.37 Å². The van der Waals surface area contributed by atoms with Crippen molar-refractivity contribution >= 4 is 28.8 Å². The van der Waals surface area contributed by atoms with Crippen molar-refractivity contribution < 1.29 is 9.90 Å². The monoisotopic (exact) mass is 211 g/mol. The third-order valence-corrected chi connectivity index (χ3v) is 3.35. The highest BCUT2D eigenvalue weighted by atomic mass is 32.1. The Labute approximate surface area is 82.5 Å². The minimum atomic E-state index is -0.973. The molecule has 13 heavy (non-hydrogen) atoms. The Kier molecular flexibility index (Phi) is 2.12. The second-order valence-electron chi connectivity index (χ2n) is 2.36. The number of nitrogens with zero attached hydrogens (tertiary/aromatic N) is 1. The summed E-state index contributed by atoms with van der Waals surface area (Å²) in [6, 6.07) is 5.48. The second-order valence-corrected chi connectivity index (χ2v) is 4.11. The number of rotatable bonds is 2. The molecule has 0 saturated heterocycles. The third-order valence-electron chi connectivity index (χ3n) is 1.49. The lowest BCUT2D eigenvalue weighted by atomic mass is 10.3. The van der Waals surface area contributed by atoms with E-state index in [-0.39, 0.29) is 5.69 Å². The first kappa shape index (κ1) is 8.40. The van der Waals surface area contributed by atoms with Gasteiger partial charge in [0.2, 0.25) is 0 Å². The fourth-order valence-electron chi connectivity index (χ4n) is 0.911. The highest BCUT2D eigenvalue weighted by molar-refractivity contribution is 7.18. The maximum Gasteiger partial charge on any atom is 0.355 e. The molecule has 0 radical (unpaired) electrons. The van der Waals surface area contributed by atoms with Gasteiger partial charge in [0, 0.05) is 4.88 Å². The normalized spacial score (nSPS) is 10.2.